The van der Waals surface area contributed by atoms with Crippen LogP contribution in [0.15, 0.2) is 48.5 Å². The van der Waals surface area contributed by atoms with Gasteiger partial charge in [-0.05, 0) is 23.3 Å². The highest BCUT2D eigenvalue weighted by molar-refractivity contribution is 5.41. The zero-order valence-electron chi connectivity index (χ0n) is 12.2. The molecule has 2 atom stereocenters. The molecule has 2 rings (SSSR count). The number of nitrogens with two attached hydrogens (primary N) is 1. The Labute approximate surface area is 120 Å². The van der Waals surface area contributed by atoms with Crippen LogP contribution >= 0.6 is 0 Å². The number of benzene rings is 2. The molecule has 3 heteroatoms. The van der Waals surface area contributed by atoms with Crippen LogP contribution in [-0.2, 0) is 0 Å². The number of rotatable bonds is 5. The molecule has 0 aliphatic carbocycles. The molecule has 3 nitrogen and oxygen atoms in total. The fraction of sp³-hybridized carbons (Fsp3) is 0.294. The predicted octanol–water partition coefficient (Wildman–Crippen LogP) is 3.51. The highest BCUT2D eigenvalue weighted by Crippen LogP contribution is 2.32. The molecule has 20 heavy (non-hydrogen) atoms. The molecule has 0 spiro atoms. The fourth-order valence-corrected chi connectivity index (χ4v) is 2.27. The van der Waals surface area contributed by atoms with Crippen molar-refractivity contribution in [1.82, 2.24) is 0 Å². The molecule has 0 amide bonds. The zero-order valence-corrected chi connectivity index (χ0v) is 12.2. The molecule has 0 fully saturated rings. The summed E-state index contributed by atoms with van der Waals surface area (Å²) in [5.41, 5.74) is 8.64. The summed E-state index contributed by atoms with van der Waals surface area (Å²) in [6, 6.07) is 15.9. The third-order valence-corrected chi connectivity index (χ3v) is 3.62. The summed E-state index contributed by atoms with van der Waals surface area (Å²) < 4.78 is 10.6. The molecule has 106 valence electrons. The molecule has 0 bridgehead atoms. The highest BCUT2D eigenvalue weighted by Gasteiger charge is 2.18. The van der Waals surface area contributed by atoms with Crippen LogP contribution in [0.2, 0.25) is 0 Å². The maximum atomic E-state index is 6.41. The maximum Gasteiger partial charge on any atom is 0.122 e. The Balaban J connectivity index is 2.30. The number of methoxy groups -OCH3 is 2. The molecule has 2 N–H and O–H groups in total. The third-order valence-electron chi connectivity index (χ3n) is 3.62. The van der Waals surface area contributed by atoms with Gasteiger partial charge in [-0.15, -0.1) is 0 Å². The summed E-state index contributed by atoms with van der Waals surface area (Å²) in [5, 5.41) is 0. The average molecular weight is 271 g/mol. The van der Waals surface area contributed by atoms with Gasteiger partial charge in [0.25, 0.3) is 0 Å². The molecule has 2 unspecified atom stereocenters. The lowest BCUT2D eigenvalue weighted by atomic mass is 9.89. The van der Waals surface area contributed by atoms with Crippen molar-refractivity contribution in [3.63, 3.8) is 0 Å². The summed E-state index contributed by atoms with van der Waals surface area (Å²) in [7, 11) is 3.29. The second kappa shape index (κ2) is 6.44. The Morgan fingerprint density at radius 2 is 1.40 bits per heavy atom. The van der Waals surface area contributed by atoms with Gasteiger partial charge in [-0.1, -0.05) is 37.3 Å². The first kappa shape index (κ1) is 14.4. The monoisotopic (exact) mass is 271 g/mol. The number of ether oxygens (including phenoxy) is 2. The quantitative estimate of drug-likeness (QED) is 0.905. The first-order valence-electron chi connectivity index (χ1n) is 6.69. The molecule has 0 saturated carbocycles. The van der Waals surface area contributed by atoms with Crippen LogP contribution in [0.5, 0.6) is 11.5 Å². The van der Waals surface area contributed by atoms with Crippen molar-refractivity contribution in [1.29, 1.82) is 0 Å². The molecule has 0 aromatic heterocycles. The van der Waals surface area contributed by atoms with Gasteiger partial charge in [-0.25, -0.2) is 0 Å². The van der Waals surface area contributed by atoms with Crippen LogP contribution in [0.4, 0.5) is 0 Å². The Kier molecular flexibility index (Phi) is 4.64. The van der Waals surface area contributed by atoms with E-state index in [0.717, 1.165) is 17.1 Å². The van der Waals surface area contributed by atoms with E-state index in [1.807, 2.05) is 36.4 Å². The third kappa shape index (κ3) is 3.11. The summed E-state index contributed by atoms with van der Waals surface area (Å²) in [4.78, 5) is 0. The minimum Gasteiger partial charge on any atom is -0.497 e. The van der Waals surface area contributed by atoms with E-state index in [0.29, 0.717) is 0 Å². The minimum atomic E-state index is -0.110. The standard InChI is InChI=1S/C17H21NO2/c1-12(13-7-5-4-6-8-13)17(18)14-9-15(19-2)11-16(10-14)20-3/h4-12,17H,18H2,1-3H3. The fourth-order valence-electron chi connectivity index (χ4n) is 2.27. The first-order chi connectivity index (χ1) is 9.65. The Bertz CT molecular complexity index is 532. The lowest BCUT2D eigenvalue weighted by Crippen LogP contribution is -2.17. The van der Waals surface area contributed by atoms with E-state index in [1.54, 1.807) is 14.2 Å². The van der Waals surface area contributed by atoms with Gasteiger partial charge >= 0.3 is 0 Å². The zero-order chi connectivity index (χ0) is 14.5. The lowest BCUT2D eigenvalue weighted by molar-refractivity contribution is 0.392. The van der Waals surface area contributed by atoms with Crippen molar-refractivity contribution >= 4 is 0 Å². The van der Waals surface area contributed by atoms with Crippen molar-refractivity contribution in [2.45, 2.75) is 18.9 Å². The molecule has 0 radical (unpaired) electrons. The Hall–Kier alpha value is -2.00. The van der Waals surface area contributed by atoms with Gasteiger partial charge in [0.05, 0.1) is 14.2 Å². The molecular weight excluding hydrogens is 250 g/mol. The van der Waals surface area contributed by atoms with Crippen molar-refractivity contribution < 1.29 is 9.47 Å². The van der Waals surface area contributed by atoms with Crippen molar-refractivity contribution in [2.24, 2.45) is 5.73 Å². The van der Waals surface area contributed by atoms with Crippen molar-refractivity contribution in [2.75, 3.05) is 14.2 Å². The van der Waals surface area contributed by atoms with Crippen LogP contribution in [0.1, 0.15) is 30.0 Å². The second-order valence-electron chi connectivity index (χ2n) is 4.87. The highest BCUT2D eigenvalue weighted by atomic mass is 16.5. The lowest BCUT2D eigenvalue weighted by Gasteiger charge is -2.22. The van der Waals surface area contributed by atoms with Gasteiger partial charge in [0.15, 0.2) is 0 Å². The van der Waals surface area contributed by atoms with E-state index in [1.165, 1.54) is 5.56 Å². The van der Waals surface area contributed by atoms with Crippen LogP contribution in [0, 0.1) is 0 Å². The van der Waals surface area contributed by atoms with E-state index in [2.05, 4.69) is 19.1 Å². The molecular formula is C17H21NO2. The van der Waals surface area contributed by atoms with Gasteiger partial charge in [0.1, 0.15) is 11.5 Å². The Morgan fingerprint density at radius 1 is 0.850 bits per heavy atom. The van der Waals surface area contributed by atoms with Crippen molar-refractivity contribution in [3.8, 4) is 11.5 Å². The van der Waals surface area contributed by atoms with Crippen LogP contribution in [0.25, 0.3) is 0 Å². The van der Waals surface area contributed by atoms with Gasteiger partial charge in [0.2, 0.25) is 0 Å². The summed E-state index contributed by atoms with van der Waals surface area (Å²) in [6.07, 6.45) is 0. The van der Waals surface area contributed by atoms with E-state index < -0.39 is 0 Å². The van der Waals surface area contributed by atoms with E-state index in [4.69, 9.17) is 15.2 Å². The number of hydrogen-bond acceptors (Lipinski definition) is 3. The van der Waals surface area contributed by atoms with Crippen LogP contribution in [0.3, 0.4) is 0 Å². The van der Waals surface area contributed by atoms with E-state index in [-0.39, 0.29) is 12.0 Å². The molecule has 0 saturated heterocycles. The molecule has 2 aromatic rings. The largest absolute Gasteiger partial charge is 0.497 e. The number of hydrogen-bond donors (Lipinski definition) is 1. The Morgan fingerprint density at radius 3 is 1.90 bits per heavy atom. The summed E-state index contributed by atoms with van der Waals surface area (Å²) in [6.45, 7) is 2.13. The maximum absolute atomic E-state index is 6.41. The normalized spacial score (nSPS) is 13.6. The summed E-state index contributed by atoms with van der Waals surface area (Å²) >= 11 is 0. The van der Waals surface area contributed by atoms with Gasteiger partial charge in [-0.2, -0.15) is 0 Å². The predicted molar refractivity (Wildman–Crippen MR) is 81.3 cm³/mol. The average Bonchev–Trinajstić information content (AvgIpc) is 2.53. The van der Waals surface area contributed by atoms with Crippen LogP contribution in [-0.4, -0.2) is 14.2 Å². The van der Waals surface area contributed by atoms with Gasteiger partial charge in [-0.3, -0.25) is 0 Å². The minimum absolute atomic E-state index is 0.110. The van der Waals surface area contributed by atoms with Crippen molar-refractivity contribution in [3.05, 3.63) is 59.7 Å². The topological polar surface area (TPSA) is 44.5 Å². The van der Waals surface area contributed by atoms with E-state index >= 15 is 0 Å². The van der Waals surface area contributed by atoms with Gasteiger partial charge < -0.3 is 15.2 Å². The van der Waals surface area contributed by atoms with E-state index in [9.17, 15) is 0 Å². The molecule has 0 aliphatic heterocycles. The second-order valence-corrected chi connectivity index (χ2v) is 4.87. The van der Waals surface area contributed by atoms with Crippen LogP contribution < -0.4 is 15.2 Å². The molecule has 0 aliphatic rings. The smallest absolute Gasteiger partial charge is 0.122 e. The first-order valence-corrected chi connectivity index (χ1v) is 6.69. The SMILES string of the molecule is COc1cc(OC)cc(C(N)C(C)c2ccccc2)c1. The molecule has 2 aromatic carbocycles. The summed E-state index contributed by atoms with van der Waals surface area (Å²) in [5.74, 6) is 1.73. The molecule has 0 heterocycles. The van der Waals surface area contributed by atoms with Gasteiger partial charge in [0, 0.05) is 18.0 Å².